The van der Waals surface area contributed by atoms with Gasteiger partial charge in [-0.05, 0) is 12.1 Å². The van der Waals surface area contributed by atoms with E-state index < -0.39 is 0 Å². The van der Waals surface area contributed by atoms with Crippen LogP contribution in [0, 0.1) is 0 Å². The van der Waals surface area contributed by atoms with Crippen molar-refractivity contribution in [2.75, 3.05) is 18.5 Å². The van der Waals surface area contributed by atoms with Crippen LogP contribution in [-0.4, -0.2) is 24.9 Å². The number of aldehydes is 1. The predicted octanol–water partition coefficient (Wildman–Crippen LogP) is 0.717. The molecular formula is C8H10N2O. The molecule has 1 rings (SSSR count). The number of pyridine rings is 1. The maximum Gasteiger partial charge on any atom is 0.139 e. The van der Waals surface area contributed by atoms with E-state index in [4.69, 9.17) is 0 Å². The Hall–Kier alpha value is -1.38. The molecule has 0 unspecified atom stereocenters. The average molecular weight is 150 g/mol. The summed E-state index contributed by atoms with van der Waals surface area (Å²) in [7, 11) is 1.85. The van der Waals surface area contributed by atoms with Gasteiger partial charge in [0, 0.05) is 13.2 Å². The van der Waals surface area contributed by atoms with Gasteiger partial charge in [-0.15, -0.1) is 0 Å². The molecule has 0 radical (unpaired) electrons. The van der Waals surface area contributed by atoms with Gasteiger partial charge in [0.15, 0.2) is 0 Å². The molecule has 3 heteroatoms. The fraction of sp³-hybridized carbons (Fsp3) is 0.250. The lowest BCUT2D eigenvalue weighted by Gasteiger charge is -2.14. The van der Waals surface area contributed by atoms with Crippen molar-refractivity contribution in [3.05, 3.63) is 24.5 Å². The van der Waals surface area contributed by atoms with Gasteiger partial charge in [0.05, 0.1) is 18.4 Å². The standard InChI is InChI=1S/C8H10N2O/c1-10(5-6-11)8-3-2-4-9-7-8/h2-4,6-7H,5H2,1H3. The summed E-state index contributed by atoms with van der Waals surface area (Å²) in [6.45, 7) is 0.408. The fourth-order valence-corrected chi connectivity index (χ4v) is 0.797. The number of carbonyl (C=O) groups is 1. The Kier molecular flexibility index (Phi) is 2.60. The molecule has 0 aromatic carbocycles. The van der Waals surface area contributed by atoms with Crippen LogP contribution in [0.2, 0.25) is 0 Å². The van der Waals surface area contributed by atoms with Gasteiger partial charge in [0.25, 0.3) is 0 Å². The van der Waals surface area contributed by atoms with Gasteiger partial charge in [-0.1, -0.05) is 0 Å². The van der Waals surface area contributed by atoms with Crippen molar-refractivity contribution in [1.29, 1.82) is 0 Å². The maximum absolute atomic E-state index is 10.1. The molecule has 0 N–H and O–H groups in total. The predicted molar refractivity (Wildman–Crippen MR) is 43.6 cm³/mol. The topological polar surface area (TPSA) is 33.2 Å². The van der Waals surface area contributed by atoms with Crippen LogP contribution in [0.4, 0.5) is 5.69 Å². The Bertz CT molecular complexity index is 223. The molecule has 1 heterocycles. The molecule has 0 fully saturated rings. The van der Waals surface area contributed by atoms with Crippen LogP contribution in [0.15, 0.2) is 24.5 Å². The van der Waals surface area contributed by atoms with E-state index in [-0.39, 0.29) is 0 Å². The number of hydrogen-bond donors (Lipinski definition) is 0. The van der Waals surface area contributed by atoms with E-state index in [1.165, 1.54) is 0 Å². The Labute approximate surface area is 65.7 Å². The Morgan fingerprint density at radius 3 is 3.09 bits per heavy atom. The lowest BCUT2D eigenvalue weighted by Crippen LogP contribution is -2.19. The molecule has 3 nitrogen and oxygen atoms in total. The summed E-state index contributed by atoms with van der Waals surface area (Å²) in [5.74, 6) is 0. The second-order valence-corrected chi connectivity index (χ2v) is 2.26. The van der Waals surface area contributed by atoms with E-state index >= 15 is 0 Å². The zero-order valence-corrected chi connectivity index (χ0v) is 6.40. The van der Waals surface area contributed by atoms with Crippen LogP contribution in [-0.2, 0) is 4.79 Å². The molecule has 1 aromatic rings. The molecule has 0 aliphatic rings. The van der Waals surface area contributed by atoms with Gasteiger partial charge in [-0.25, -0.2) is 0 Å². The molecule has 0 bridgehead atoms. The summed E-state index contributed by atoms with van der Waals surface area (Å²) >= 11 is 0. The Morgan fingerprint density at radius 2 is 2.55 bits per heavy atom. The number of carbonyl (C=O) groups excluding carboxylic acids is 1. The van der Waals surface area contributed by atoms with E-state index in [0.29, 0.717) is 6.54 Å². The first-order valence-electron chi connectivity index (χ1n) is 3.39. The molecule has 0 atom stereocenters. The van der Waals surface area contributed by atoms with Crippen molar-refractivity contribution in [2.45, 2.75) is 0 Å². The molecule has 0 amide bonds. The third-order valence-corrected chi connectivity index (χ3v) is 1.44. The number of rotatable bonds is 3. The normalized spacial score (nSPS) is 9.18. The summed E-state index contributed by atoms with van der Waals surface area (Å²) in [6.07, 6.45) is 4.30. The van der Waals surface area contributed by atoms with E-state index in [9.17, 15) is 4.79 Å². The summed E-state index contributed by atoms with van der Waals surface area (Å²) < 4.78 is 0. The lowest BCUT2D eigenvalue weighted by molar-refractivity contribution is -0.106. The summed E-state index contributed by atoms with van der Waals surface area (Å²) in [4.78, 5) is 15.9. The second kappa shape index (κ2) is 3.71. The minimum absolute atomic E-state index is 0.408. The minimum Gasteiger partial charge on any atom is -0.366 e. The first kappa shape index (κ1) is 7.72. The molecule has 11 heavy (non-hydrogen) atoms. The number of nitrogens with zero attached hydrogens (tertiary/aromatic N) is 2. The average Bonchev–Trinajstić information content (AvgIpc) is 2.07. The minimum atomic E-state index is 0.408. The molecule has 0 saturated heterocycles. The van der Waals surface area contributed by atoms with E-state index in [1.807, 2.05) is 24.1 Å². The summed E-state index contributed by atoms with van der Waals surface area (Å²) in [6, 6.07) is 3.76. The summed E-state index contributed by atoms with van der Waals surface area (Å²) in [5, 5.41) is 0. The highest BCUT2D eigenvalue weighted by Gasteiger charge is 1.96. The highest BCUT2D eigenvalue weighted by molar-refractivity contribution is 5.60. The first-order chi connectivity index (χ1) is 5.34. The molecule has 0 aliphatic carbocycles. The summed E-state index contributed by atoms with van der Waals surface area (Å²) in [5.41, 5.74) is 0.958. The van der Waals surface area contributed by atoms with E-state index in [2.05, 4.69) is 4.98 Å². The molecule has 1 aromatic heterocycles. The van der Waals surface area contributed by atoms with Crippen LogP contribution in [0.1, 0.15) is 0 Å². The van der Waals surface area contributed by atoms with Crippen LogP contribution in [0.5, 0.6) is 0 Å². The number of likely N-dealkylation sites (N-methyl/N-ethyl adjacent to an activating group) is 1. The Balaban J connectivity index is 2.68. The van der Waals surface area contributed by atoms with Crippen molar-refractivity contribution in [1.82, 2.24) is 4.98 Å². The zero-order chi connectivity index (χ0) is 8.10. The van der Waals surface area contributed by atoms with Crippen molar-refractivity contribution in [3.8, 4) is 0 Å². The highest BCUT2D eigenvalue weighted by Crippen LogP contribution is 2.06. The zero-order valence-electron chi connectivity index (χ0n) is 6.40. The molecule has 58 valence electrons. The third-order valence-electron chi connectivity index (χ3n) is 1.44. The van der Waals surface area contributed by atoms with Crippen molar-refractivity contribution >= 4 is 12.0 Å². The van der Waals surface area contributed by atoms with E-state index in [0.717, 1.165) is 12.0 Å². The van der Waals surface area contributed by atoms with Crippen LogP contribution in [0.25, 0.3) is 0 Å². The van der Waals surface area contributed by atoms with Gasteiger partial charge in [-0.3, -0.25) is 4.98 Å². The lowest BCUT2D eigenvalue weighted by atomic mass is 10.4. The number of anilines is 1. The number of aromatic nitrogens is 1. The molecular weight excluding hydrogens is 140 g/mol. The molecule has 0 saturated carbocycles. The number of hydrogen-bond acceptors (Lipinski definition) is 3. The van der Waals surface area contributed by atoms with E-state index in [1.54, 1.807) is 12.4 Å². The van der Waals surface area contributed by atoms with Crippen molar-refractivity contribution in [2.24, 2.45) is 0 Å². The highest BCUT2D eigenvalue weighted by atomic mass is 16.1. The molecule has 0 aliphatic heterocycles. The van der Waals surface area contributed by atoms with Gasteiger partial charge in [0.1, 0.15) is 6.29 Å². The fourth-order valence-electron chi connectivity index (χ4n) is 0.797. The van der Waals surface area contributed by atoms with Gasteiger partial charge in [-0.2, -0.15) is 0 Å². The Morgan fingerprint density at radius 1 is 1.73 bits per heavy atom. The largest absolute Gasteiger partial charge is 0.366 e. The van der Waals surface area contributed by atoms with Crippen LogP contribution >= 0.6 is 0 Å². The first-order valence-corrected chi connectivity index (χ1v) is 3.39. The van der Waals surface area contributed by atoms with Gasteiger partial charge < -0.3 is 9.69 Å². The smallest absolute Gasteiger partial charge is 0.139 e. The van der Waals surface area contributed by atoms with Gasteiger partial charge >= 0.3 is 0 Å². The van der Waals surface area contributed by atoms with Gasteiger partial charge in [0.2, 0.25) is 0 Å². The molecule has 0 spiro atoms. The maximum atomic E-state index is 10.1. The second-order valence-electron chi connectivity index (χ2n) is 2.26. The third kappa shape index (κ3) is 2.04. The van der Waals surface area contributed by atoms with Crippen LogP contribution in [0.3, 0.4) is 0 Å². The van der Waals surface area contributed by atoms with Crippen LogP contribution < -0.4 is 4.90 Å². The monoisotopic (exact) mass is 150 g/mol. The SMILES string of the molecule is CN(CC=O)c1cccnc1. The quantitative estimate of drug-likeness (QED) is 0.595. The van der Waals surface area contributed by atoms with Crippen molar-refractivity contribution < 1.29 is 4.79 Å². The van der Waals surface area contributed by atoms with Crippen molar-refractivity contribution in [3.63, 3.8) is 0 Å².